The molecule has 0 bridgehead atoms. The first-order valence-corrected chi connectivity index (χ1v) is 14.6. The maximum atomic E-state index is 5.11. The largest absolute Gasteiger partial charge is 0.308 e. The lowest BCUT2D eigenvalue weighted by Crippen LogP contribution is -1.97. The van der Waals surface area contributed by atoms with Crippen LogP contribution in [0.15, 0.2) is 152 Å². The molecule has 0 radical (unpaired) electrons. The molecule has 43 heavy (non-hydrogen) atoms. The molecule has 0 atom stereocenters. The van der Waals surface area contributed by atoms with E-state index in [1.54, 1.807) is 0 Å². The van der Waals surface area contributed by atoms with Crippen LogP contribution < -0.4 is 0 Å². The van der Waals surface area contributed by atoms with E-state index in [0.29, 0.717) is 0 Å². The van der Waals surface area contributed by atoms with Gasteiger partial charge in [0.05, 0.1) is 28.1 Å². The number of nitrogens with zero attached hydrogens (tertiary/aromatic N) is 3. The first kappa shape index (κ1) is 23.9. The lowest BCUT2D eigenvalue weighted by Gasteiger charge is -2.12. The highest BCUT2D eigenvalue weighted by Crippen LogP contribution is 2.46. The number of hydrogen-bond donors (Lipinski definition) is 0. The molecule has 3 heterocycles. The average Bonchev–Trinajstić information content (AvgIpc) is 3.36. The smallest absolute Gasteiger partial charge is 0.160 e. The summed E-state index contributed by atoms with van der Waals surface area (Å²) in [6.07, 6.45) is 0. The van der Waals surface area contributed by atoms with Crippen LogP contribution in [0.5, 0.6) is 0 Å². The van der Waals surface area contributed by atoms with Crippen molar-refractivity contribution in [2.24, 2.45) is 0 Å². The number of aromatic nitrogens is 3. The van der Waals surface area contributed by atoms with E-state index in [9.17, 15) is 0 Å². The van der Waals surface area contributed by atoms with Crippen LogP contribution in [0.2, 0.25) is 0 Å². The molecule has 1 aliphatic heterocycles. The second kappa shape index (κ2) is 9.37. The van der Waals surface area contributed by atoms with Crippen molar-refractivity contribution in [2.75, 3.05) is 0 Å². The van der Waals surface area contributed by atoms with E-state index in [1.165, 1.54) is 49.7 Å². The molecule has 3 nitrogen and oxygen atoms in total. The first-order valence-electron chi connectivity index (χ1n) is 14.6. The summed E-state index contributed by atoms with van der Waals surface area (Å²) in [5, 5.41) is 2.42. The molecule has 3 heteroatoms. The van der Waals surface area contributed by atoms with E-state index >= 15 is 0 Å². The van der Waals surface area contributed by atoms with Crippen LogP contribution in [0.4, 0.5) is 0 Å². The van der Waals surface area contributed by atoms with Gasteiger partial charge in [0.25, 0.3) is 0 Å². The molecule has 8 aromatic rings. The molecule has 0 saturated carbocycles. The Balaban J connectivity index is 1.32. The predicted octanol–water partition coefficient (Wildman–Crippen LogP) is 10.2. The fraction of sp³-hybridized carbons (Fsp3) is 0. The van der Waals surface area contributed by atoms with E-state index in [4.69, 9.17) is 9.97 Å². The van der Waals surface area contributed by atoms with Gasteiger partial charge in [-0.15, -0.1) is 0 Å². The molecule has 0 fully saturated rings. The summed E-state index contributed by atoms with van der Waals surface area (Å²) >= 11 is 0. The zero-order valence-corrected chi connectivity index (χ0v) is 23.3. The fourth-order valence-electron chi connectivity index (χ4n) is 6.61. The Bertz CT molecular complexity index is 2280. The number of hydrogen-bond acceptors (Lipinski definition) is 2. The maximum absolute atomic E-state index is 5.11. The van der Waals surface area contributed by atoms with Crippen molar-refractivity contribution in [3.8, 4) is 61.8 Å². The van der Waals surface area contributed by atoms with Gasteiger partial charge in [-0.3, -0.25) is 0 Å². The van der Waals surface area contributed by atoms with Crippen LogP contribution in [0, 0.1) is 0 Å². The van der Waals surface area contributed by atoms with Gasteiger partial charge in [0.2, 0.25) is 0 Å². The topological polar surface area (TPSA) is 30.7 Å². The summed E-state index contributed by atoms with van der Waals surface area (Å²) in [4.78, 5) is 10.2. The minimum atomic E-state index is 0.719. The Hall–Kier alpha value is -5.80. The molecular weight excluding hydrogens is 522 g/mol. The average molecular weight is 548 g/mol. The van der Waals surface area contributed by atoms with Gasteiger partial charge in [-0.2, -0.15) is 0 Å². The molecule has 0 N–H and O–H groups in total. The minimum Gasteiger partial charge on any atom is -0.308 e. The summed E-state index contributed by atoms with van der Waals surface area (Å²) in [6.45, 7) is 0. The number of rotatable bonds is 3. The molecule has 0 spiro atoms. The van der Waals surface area contributed by atoms with E-state index in [2.05, 4.69) is 144 Å². The molecule has 0 aliphatic carbocycles. The Kier molecular flexibility index (Phi) is 5.20. The quantitative estimate of drug-likeness (QED) is 0.220. The van der Waals surface area contributed by atoms with Crippen molar-refractivity contribution >= 4 is 21.8 Å². The van der Waals surface area contributed by atoms with Crippen LogP contribution in [0.3, 0.4) is 0 Å². The zero-order valence-electron chi connectivity index (χ0n) is 23.3. The van der Waals surface area contributed by atoms with E-state index in [0.717, 1.165) is 33.9 Å². The molecule has 0 saturated heterocycles. The summed E-state index contributed by atoms with van der Waals surface area (Å²) in [7, 11) is 0. The zero-order chi connectivity index (χ0) is 28.3. The SMILES string of the molecule is c1ccc(-c2cc(-c3ccccc3)nc(-c3ccc4c(c3)c3cccc5c3n4-c3ccccc3-c3ccccc3-5)n2)cc1. The van der Waals surface area contributed by atoms with Gasteiger partial charge in [0, 0.05) is 38.6 Å². The number of fused-ring (bicyclic) bond motifs is 8. The predicted molar refractivity (Wildman–Crippen MR) is 177 cm³/mol. The molecule has 0 unspecified atom stereocenters. The molecule has 0 amide bonds. The van der Waals surface area contributed by atoms with Crippen molar-refractivity contribution in [3.63, 3.8) is 0 Å². The van der Waals surface area contributed by atoms with Crippen LogP contribution >= 0.6 is 0 Å². The van der Waals surface area contributed by atoms with E-state index < -0.39 is 0 Å². The maximum Gasteiger partial charge on any atom is 0.160 e. The van der Waals surface area contributed by atoms with Gasteiger partial charge in [0.15, 0.2) is 5.82 Å². The van der Waals surface area contributed by atoms with E-state index in [-0.39, 0.29) is 0 Å². The van der Waals surface area contributed by atoms with Crippen LogP contribution in [0.1, 0.15) is 0 Å². The third-order valence-corrected chi connectivity index (χ3v) is 8.56. The van der Waals surface area contributed by atoms with Gasteiger partial charge in [0.1, 0.15) is 0 Å². The number of para-hydroxylation sites is 2. The van der Waals surface area contributed by atoms with Gasteiger partial charge in [-0.05, 0) is 41.5 Å². The standard InChI is InChI=1S/C40H25N3/c1-3-12-26(13-4-1)35-25-36(27-14-5-2-6-15-27)42-40(41-35)28-22-23-38-34(24-28)33-20-11-19-32-30-17-8-7-16-29(30)31-18-9-10-21-37(31)43(38)39(32)33/h1-25H. The van der Waals surface area contributed by atoms with Gasteiger partial charge in [-0.25, -0.2) is 9.97 Å². The Morgan fingerprint density at radius 2 is 0.977 bits per heavy atom. The van der Waals surface area contributed by atoms with Gasteiger partial charge in [-0.1, -0.05) is 121 Å². The van der Waals surface area contributed by atoms with E-state index in [1.807, 2.05) is 12.1 Å². The number of benzene rings is 6. The third-order valence-electron chi connectivity index (χ3n) is 8.56. The third kappa shape index (κ3) is 3.68. The lowest BCUT2D eigenvalue weighted by atomic mass is 9.93. The van der Waals surface area contributed by atoms with Crippen molar-refractivity contribution in [3.05, 3.63) is 152 Å². The summed E-state index contributed by atoms with van der Waals surface area (Å²) in [5.74, 6) is 0.719. The monoisotopic (exact) mass is 547 g/mol. The fourth-order valence-corrected chi connectivity index (χ4v) is 6.61. The lowest BCUT2D eigenvalue weighted by molar-refractivity contribution is 1.18. The summed E-state index contributed by atoms with van der Waals surface area (Å²) < 4.78 is 2.44. The molecular formula is C40H25N3. The normalized spacial score (nSPS) is 11.7. The van der Waals surface area contributed by atoms with Gasteiger partial charge >= 0.3 is 0 Å². The van der Waals surface area contributed by atoms with Crippen molar-refractivity contribution in [1.29, 1.82) is 0 Å². The summed E-state index contributed by atoms with van der Waals surface area (Å²) in [5.41, 5.74) is 13.6. The van der Waals surface area contributed by atoms with Crippen LogP contribution in [-0.4, -0.2) is 14.5 Å². The molecule has 200 valence electrons. The first-order chi connectivity index (χ1) is 21.3. The van der Waals surface area contributed by atoms with Crippen LogP contribution in [-0.2, 0) is 0 Å². The Labute approximate surface area is 249 Å². The highest BCUT2D eigenvalue weighted by Gasteiger charge is 2.24. The van der Waals surface area contributed by atoms with Crippen LogP contribution in [0.25, 0.3) is 83.6 Å². The summed E-state index contributed by atoms with van der Waals surface area (Å²) in [6, 6.07) is 53.6. The molecule has 1 aliphatic rings. The molecule has 9 rings (SSSR count). The molecule has 2 aromatic heterocycles. The van der Waals surface area contributed by atoms with Crippen molar-refractivity contribution in [2.45, 2.75) is 0 Å². The van der Waals surface area contributed by atoms with Crippen molar-refractivity contribution < 1.29 is 0 Å². The highest BCUT2D eigenvalue weighted by molar-refractivity contribution is 6.17. The second-order valence-corrected chi connectivity index (χ2v) is 11.0. The highest BCUT2D eigenvalue weighted by atomic mass is 15.0. The minimum absolute atomic E-state index is 0.719. The van der Waals surface area contributed by atoms with Gasteiger partial charge < -0.3 is 4.57 Å². The van der Waals surface area contributed by atoms with Crippen molar-refractivity contribution in [1.82, 2.24) is 14.5 Å². The Morgan fingerprint density at radius 3 is 1.67 bits per heavy atom. The second-order valence-electron chi connectivity index (χ2n) is 11.0. The molecule has 6 aromatic carbocycles. The Morgan fingerprint density at radius 1 is 0.395 bits per heavy atom.